The molecule has 112 valence electrons. The minimum atomic E-state index is -4.18. The number of nitrogens with one attached hydrogen (secondary N) is 1. The Balaban J connectivity index is 2.42. The molecule has 3 N–H and O–H groups in total. The Bertz CT molecular complexity index is 779. The summed E-state index contributed by atoms with van der Waals surface area (Å²) >= 11 is 0. The average Bonchev–Trinajstić information content (AvgIpc) is 2.41. The van der Waals surface area contributed by atoms with Gasteiger partial charge in [-0.25, -0.2) is 21.6 Å². The van der Waals surface area contributed by atoms with Crippen molar-refractivity contribution in [1.29, 1.82) is 0 Å². The molecule has 4 nitrogen and oxygen atoms in total. The molecule has 0 aromatic heterocycles. The van der Waals surface area contributed by atoms with E-state index in [1.165, 1.54) is 12.1 Å². The molecule has 8 heteroatoms. The van der Waals surface area contributed by atoms with Crippen LogP contribution in [0.1, 0.15) is 5.56 Å². The summed E-state index contributed by atoms with van der Waals surface area (Å²) in [6.45, 7) is -0.220. The molecule has 0 saturated carbocycles. The lowest BCUT2D eigenvalue weighted by molar-refractivity contribution is 0.504. The summed E-state index contributed by atoms with van der Waals surface area (Å²) < 4.78 is 65.7. The lowest BCUT2D eigenvalue weighted by Gasteiger charge is -2.12. The number of rotatable bonds is 4. The van der Waals surface area contributed by atoms with Crippen LogP contribution >= 0.6 is 0 Å². The molecule has 0 bridgehead atoms. The van der Waals surface area contributed by atoms with E-state index in [1.54, 1.807) is 0 Å². The highest BCUT2D eigenvalue weighted by molar-refractivity contribution is 7.92. The Morgan fingerprint density at radius 3 is 2.33 bits per heavy atom. The van der Waals surface area contributed by atoms with E-state index in [2.05, 4.69) is 4.72 Å². The van der Waals surface area contributed by atoms with Crippen LogP contribution in [0.2, 0.25) is 0 Å². The van der Waals surface area contributed by atoms with Crippen molar-refractivity contribution in [2.24, 2.45) is 5.73 Å². The lowest BCUT2D eigenvalue weighted by Crippen LogP contribution is -2.16. The van der Waals surface area contributed by atoms with Gasteiger partial charge in [0.25, 0.3) is 10.0 Å². The third kappa shape index (κ3) is 3.17. The molecular formula is C13H11F3N2O2S. The summed E-state index contributed by atoms with van der Waals surface area (Å²) in [6.07, 6.45) is 0. The summed E-state index contributed by atoms with van der Waals surface area (Å²) in [5.41, 5.74) is 5.29. The molecule has 2 aromatic carbocycles. The number of benzene rings is 2. The maximum absolute atomic E-state index is 13.5. The fourth-order valence-corrected chi connectivity index (χ4v) is 2.81. The molecule has 0 spiro atoms. The van der Waals surface area contributed by atoms with Crippen molar-refractivity contribution in [3.63, 3.8) is 0 Å². The molecule has 0 atom stereocenters. The molecule has 0 aliphatic rings. The van der Waals surface area contributed by atoms with Gasteiger partial charge in [-0.15, -0.1) is 0 Å². The molecule has 0 amide bonds. The van der Waals surface area contributed by atoms with E-state index in [0.29, 0.717) is 12.1 Å². The van der Waals surface area contributed by atoms with Crippen LogP contribution in [-0.2, 0) is 16.6 Å². The molecule has 0 fully saturated rings. The summed E-state index contributed by atoms with van der Waals surface area (Å²) in [5.74, 6) is -3.12. The van der Waals surface area contributed by atoms with Crippen LogP contribution in [0.25, 0.3) is 0 Å². The van der Waals surface area contributed by atoms with Gasteiger partial charge in [0.2, 0.25) is 0 Å². The van der Waals surface area contributed by atoms with E-state index >= 15 is 0 Å². The quantitative estimate of drug-likeness (QED) is 0.909. The average molecular weight is 316 g/mol. The van der Waals surface area contributed by atoms with Crippen molar-refractivity contribution in [1.82, 2.24) is 0 Å². The zero-order chi connectivity index (χ0) is 15.6. The number of hydrogen-bond acceptors (Lipinski definition) is 3. The fraction of sp³-hybridized carbons (Fsp3) is 0.0769. The number of hydrogen-bond donors (Lipinski definition) is 2. The first kappa shape index (κ1) is 15.3. The number of anilines is 1. The van der Waals surface area contributed by atoms with Gasteiger partial charge in [0.15, 0.2) is 11.6 Å². The zero-order valence-electron chi connectivity index (χ0n) is 10.6. The molecule has 0 unspecified atom stereocenters. The van der Waals surface area contributed by atoms with Gasteiger partial charge in [-0.2, -0.15) is 0 Å². The van der Waals surface area contributed by atoms with Crippen LogP contribution in [0.3, 0.4) is 0 Å². The van der Waals surface area contributed by atoms with Crippen LogP contribution < -0.4 is 10.5 Å². The van der Waals surface area contributed by atoms with Gasteiger partial charge in [0, 0.05) is 12.1 Å². The van der Waals surface area contributed by atoms with E-state index in [4.69, 9.17) is 5.73 Å². The summed E-state index contributed by atoms with van der Waals surface area (Å²) in [4.78, 5) is -0.478. The van der Waals surface area contributed by atoms with Gasteiger partial charge >= 0.3 is 0 Å². The van der Waals surface area contributed by atoms with Crippen molar-refractivity contribution in [2.75, 3.05) is 4.72 Å². The van der Waals surface area contributed by atoms with Gasteiger partial charge in [0.05, 0.1) is 10.6 Å². The van der Waals surface area contributed by atoms with Crippen molar-refractivity contribution >= 4 is 15.7 Å². The van der Waals surface area contributed by atoms with Crippen LogP contribution in [0, 0.1) is 17.5 Å². The minimum Gasteiger partial charge on any atom is -0.326 e. The van der Waals surface area contributed by atoms with Crippen LogP contribution in [0.4, 0.5) is 18.9 Å². The van der Waals surface area contributed by atoms with Crippen molar-refractivity contribution in [3.05, 3.63) is 59.4 Å². The van der Waals surface area contributed by atoms with Gasteiger partial charge in [-0.1, -0.05) is 6.07 Å². The second kappa shape index (κ2) is 5.74. The Morgan fingerprint density at radius 2 is 1.71 bits per heavy atom. The highest BCUT2D eigenvalue weighted by Crippen LogP contribution is 2.23. The second-order valence-corrected chi connectivity index (χ2v) is 5.83. The van der Waals surface area contributed by atoms with Gasteiger partial charge in [-0.05, 0) is 30.3 Å². The minimum absolute atomic E-state index is 0.0244. The van der Waals surface area contributed by atoms with E-state index < -0.39 is 32.4 Å². The third-order valence-electron chi connectivity index (χ3n) is 2.77. The van der Waals surface area contributed by atoms with Crippen LogP contribution in [-0.4, -0.2) is 8.42 Å². The molecule has 2 aromatic rings. The van der Waals surface area contributed by atoms with E-state index in [1.807, 2.05) is 0 Å². The predicted octanol–water partition coefficient (Wildman–Crippen LogP) is 2.36. The first-order chi connectivity index (χ1) is 9.85. The van der Waals surface area contributed by atoms with E-state index in [-0.39, 0.29) is 17.8 Å². The van der Waals surface area contributed by atoms with Crippen molar-refractivity contribution in [3.8, 4) is 0 Å². The third-order valence-corrected chi connectivity index (χ3v) is 4.13. The molecule has 21 heavy (non-hydrogen) atoms. The Hall–Kier alpha value is -2.06. The highest BCUT2D eigenvalue weighted by Gasteiger charge is 2.19. The first-order valence-corrected chi connectivity index (χ1v) is 7.29. The molecule has 0 saturated heterocycles. The first-order valence-electron chi connectivity index (χ1n) is 5.80. The summed E-state index contributed by atoms with van der Waals surface area (Å²) in [7, 11) is -4.18. The van der Waals surface area contributed by atoms with Crippen molar-refractivity contribution < 1.29 is 21.6 Å². The number of nitrogens with two attached hydrogens (primary N) is 1. The monoisotopic (exact) mass is 316 g/mol. The smallest absolute Gasteiger partial charge is 0.262 e. The van der Waals surface area contributed by atoms with Crippen molar-refractivity contribution in [2.45, 2.75) is 11.4 Å². The number of sulfonamides is 1. The summed E-state index contributed by atoms with van der Waals surface area (Å²) in [5, 5.41) is 0. The zero-order valence-corrected chi connectivity index (χ0v) is 11.4. The summed E-state index contributed by atoms with van der Waals surface area (Å²) in [6, 6.07) is 5.90. The number of halogens is 3. The fourth-order valence-electron chi connectivity index (χ4n) is 1.71. The van der Waals surface area contributed by atoms with Crippen LogP contribution in [0.15, 0.2) is 41.3 Å². The Labute approximate surface area is 119 Å². The molecule has 0 aliphatic carbocycles. The molecule has 0 heterocycles. The maximum Gasteiger partial charge on any atom is 0.262 e. The SMILES string of the molecule is NCc1c(F)cccc1NS(=O)(=O)c1ccc(F)c(F)c1. The molecule has 0 radical (unpaired) electrons. The molecule has 0 aliphatic heterocycles. The van der Waals surface area contributed by atoms with Gasteiger partial charge in [-0.3, -0.25) is 4.72 Å². The predicted molar refractivity (Wildman–Crippen MR) is 71.5 cm³/mol. The molecule has 2 rings (SSSR count). The second-order valence-electron chi connectivity index (χ2n) is 4.15. The topological polar surface area (TPSA) is 72.2 Å². The normalized spacial score (nSPS) is 11.4. The van der Waals surface area contributed by atoms with Gasteiger partial charge in [0.1, 0.15) is 5.82 Å². The maximum atomic E-state index is 13.5. The Morgan fingerprint density at radius 1 is 1.00 bits per heavy atom. The lowest BCUT2D eigenvalue weighted by atomic mass is 10.2. The Kier molecular flexibility index (Phi) is 4.19. The highest BCUT2D eigenvalue weighted by atomic mass is 32.2. The van der Waals surface area contributed by atoms with E-state index in [0.717, 1.165) is 12.1 Å². The standard InChI is InChI=1S/C13H11F3N2O2S/c14-10-2-1-3-13(9(10)7-17)18-21(19,20)8-4-5-11(15)12(16)6-8/h1-6,18H,7,17H2. The van der Waals surface area contributed by atoms with E-state index in [9.17, 15) is 21.6 Å². The van der Waals surface area contributed by atoms with Gasteiger partial charge < -0.3 is 5.73 Å². The van der Waals surface area contributed by atoms with Crippen LogP contribution in [0.5, 0.6) is 0 Å². The molecular weight excluding hydrogens is 305 g/mol. The largest absolute Gasteiger partial charge is 0.326 e.